The van der Waals surface area contributed by atoms with Gasteiger partial charge >= 0.3 is 0 Å². The molecule has 0 bridgehead atoms. The average molecular weight is 458 g/mol. The molecule has 0 atom stereocenters. The molecule has 1 aliphatic rings. The second-order valence-corrected chi connectivity index (χ2v) is 8.76. The van der Waals surface area contributed by atoms with E-state index in [0.717, 1.165) is 56.9 Å². The zero-order valence-electron chi connectivity index (χ0n) is 19.9. The van der Waals surface area contributed by atoms with Gasteiger partial charge in [-0.2, -0.15) is 0 Å². The van der Waals surface area contributed by atoms with Gasteiger partial charge in [0.25, 0.3) is 0 Å². The highest BCUT2D eigenvalue weighted by Gasteiger charge is 2.15. The van der Waals surface area contributed by atoms with Gasteiger partial charge in [0, 0.05) is 54.0 Å². The van der Waals surface area contributed by atoms with Crippen molar-refractivity contribution in [1.29, 1.82) is 0 Å². The minimum absolute atomic E-state index is 0.687. The summed E-state index contributed by atoms with van der Waals surface area (Å²) in [4.78, 5) is 7.01. The highest BCUT2D eigenvalue weighted by molar-refractivity contribution is 5.92. The second-order valence-electron chi connectivity index (χ2n) is 8.76. The maximum Gasteiger partial charge on any atom is 0.138 e. The SMILES string of the molecule is C=C(NC)c1c(C)oc2cc(Oc3ccnc4cc(OCCN5CCCCC5)ccc34)ccc12. The van der Waals surface area contributed by atoms with Gasteiger partial charge in [-0.25, -0.2) is 0 Å². The molecule has 1 N–H and O–H groups in total. The van der Waals surface area contributed by atoms with E-state index in [4.69, 9.17) is 13.9 Å². The Morgan fingerprint density at radius 2 is 1.85 bits per heavy atom. The standard InChI is InChI=1S/C28H31N3O3/c1-19(29-3)28-20(2)33-27-18-22(8-10-24(27)28)34-26-11-12-30-25-17-21(7-9-23(25)26)32-16-15-31-13-5-4-6-14-31/h7-12,17-18,29H,1,4-6,13-16H2,2-3H3. The lowest BCUT2D eigenvalue weighted by atomic mass is 10.1. The highest BCUT2D eigenvalue weighted by Crippen LogP contribution is 2.35. The van der Waals surface area contributed by atoms with Gasteiger partial charge in [0.1, 0.15) is 35.2 Å². The molecule has 3 heterocycles. The monoisotopic (exact) mass is 457 g/mol. The van der Waals surface area contributed by atoms with Crippen molar-refractivity contribution >= 4 is 27.6 Å². The number of pyridine rings is 1. The Hall–Kier alpha value is -3.51. The van der Waals surface area contributed by atoms with E-state index in [1.807, 2.05) is 56.4 Å². The molecule has 2 aromatic heterocycles. The molecular weight excluding hydrogens is 426 g/mol. The van der Waals surface area contributed by atoms with Gasteiger partial charge in [0.2, 0.25) is 0 Å². The molecule has 1 saturated heterocycles. The normalized spacial score (nSPS) is 14.4. The van der Waals surface area contributed by atoms with E-state index in [9.17, 15) is 0 Å². The average Bonchev–Trinajstić information content (AvgIpc) is 3.19. The summed E-state index contributed by atoms with van der Waals surface area (Å²) in [6.45, 7) is 10.0. The third-order valence-electron chi connectivity index (χ3n) is 6.47. The number of furan rings is 1. The van der Waals surface area contributed by atoms with Crippen LogP contribution in [0.1, 0.15) is 30.6 Å². The van der Waals surface area contributed by atoms with Crippen LogP contribution in [0.5, 0.6) is 17.2 Å². The molecule has 5 rings (SSSR count). The van der Waals surface area contributed by atoms with E-state index >= 15 is 0 Å². The molecule has 0 spiro atoms. The number of rotatable bonds is 8. The lowest BCUT2D eigenvalue weighted by Gasteiger charge is -2.26. The zero-order valence-corrected chi connectivity index (χ0v) is 19.9. The van der Waals surface area contributed by atoms with Crippen molar-refractivity contribution in [3.63, 3.8) is 0 Å². The number of aryl methyl sites for hydroxylation is 1. The van der Waals surface area contributed by atoms with E-state index in [0.29, 0.717) is 12.4 Å². The van der Waals surface area contributed by atoms with E-state index < -0.39 is 0 Å². The van der Waals surface area contributed by atoms with Crippen molar-refractivity contribution in [3.05, 3.63) is 66.6 Å². The Bertz CT molecular complexity index is 1320. The van der Waals surface area contributed by atoms with Gasteiger partial charge in [0.15, 0.2) is 0 Å². The molecule has 0 aliphatic carbocycles. The van der Waals surface area contributed by atoms with Crippen LogP contribution in [0.4, 0.5) is 0 Å². The number of piperidine rings is 1. The number of likely N-dealkylation sites (tertiary alicyclic amines) is 1. The third-order valence-corrected chi connectivity index (χ3v) is 6.47. The molecule has 1 fully saturated rings. The fourth-order valence-electron chi connectivity index (χ4n) is 4.65. The Balaban J connectivity index is 1.32. The van der Waals surface area contributed by atoms with Crippen LogP contribution >= 0.6 is 0 Å². The van der Waals surface area contributed by atoms with E-state index in [1.54, 1.807) is 6.20 Å². The molecule has 0 unspecified atom stereocenters. The predicted molar refractivity (Wildman–Crippen MR) is 137 cm³/mol. The van der Waals surface area contributed by atoms with Gasteiger partial charge in [-0.05, 0) is 63.2 Å². The lowest BCUT2D eigenvalue weighted by molar-refractivity contribution is 0.183. The fourth-order valence-corrected chi connectivity index (χ4v) is 4.65. The van der Waals surface area contributed by atoms with Crippen LogP contribution in [0.2, 0.25) is 0 Å². The van der Waals surface area contributed by atoms with Crippen LogP contribution in [0.25, 0.3) is 27.6 Å². The number of hydrogen-bond donors (Lipinski definition) is 1. The number of nitrogens with one attached hydrogen (secondary N) is 1. The number of benzene rings is 2. The first-order valence-corrected chi connectivity index (χ1v) is 11.9. The maximum atomic E-state index is 6.25. The Morgan fingerprint density at radius 1 is 1.06 bits per heavy atom. The van der Waals surface area contributed by atoms with Crippen molar-refractivity contribution in [2.24, 2.45) is 0 Å². The zero-order chi connectivity index (χ0) is 23.5. The van der Waals surface area contributed by atoms with Crippen molar-refractivity contribution in [2.75, 3.05) is 33.3 Å². The molecule has 0 saturated carbocycles. The Kier molecular flexibility index (Phi) is 6.41. The molecule has 2 aromatic carbocycles. The summed E-state index contributed by atoms with van der Waals surface area (Å²) in [5.74, 6) is 3.11. The van der Waals surface area contributed by atoms with Gasteiger partial charge < -0.3 is 19.2 Å². The van der Waals surface area contributed by atoms with E-state index in [2.05, 4.69) is 21.8 Å². The highest BCUT2D eigenvalue weighted by atomic mass is 16.5. The van der Waals surface area contributed by atoms with Crippen molar-refractivity contribution in [3.8, 4) is 17.2 Å². The largest absolute Gasteiger partial charge is 0.492 e. The summed E-state index contributed by atoms with van der Waals surface area (Å²) in [7, 11) is 1.86. The van der Waals surface area contributed by atoms with Gasteiger partial charge in [-0.15, -0.1) is 0 Å². The first-order chi connectivity index (χ1) is 16.6. The summed E-state index contributed by atoms with van der Waals surface area (Å²) in [5, 5.41) is 5.05. The van der Waals surface area contributed by atoms with E-state index in [-0.39, 0.29) is 0 Å². The minimum atomic E-state index is 0.687. The third kappa shape index (κ3) is 4.59. The molecule has 1 aliphatic heterocycles. The van der Waals surface area contributed by atoms with Gasteiger partial charge in [-0.1, -0.05) is 13.0 Å². The smallest absolute Gasteiger partial charge is 0.138 e. The molecule has 176 valence electrons. The summed E-state index contributed by atoms with van der Waals surface area (Å²) in [6.07, 6.45) is 5.70. The quantitative estimate of drug-likeness (QED) is 0.343. The molecule has 6 nitrogen and oxygen atoms in total. The Labute approximate surface area is 200 Å². The van der Waals surface area contributed by atoms with E-state index in [1.165, 1.54) is 32.4 Å². The lowest BCUT2D eigenvalue weighted by Crippen LogP contribution is -2.33. The molecular formula is C28H31N3O3. The summed E-state index contributed by atoms with van der Waals surface area (Å²) in [5.41, 5.74) is 3.44. The van der Waals surface area contributed by atoms with Crippen LogP contribution in [0, 0.1) is 6.92 Å². The number of hydrogen-bond acceptors (Lipinski definition) is 6. The minimum Gasteiger partial charge on any atom is -0.492 e. The predicted octanol–water partition coefficient (Wildman–Crippen LogP) is 6.14. The van der Waals surface area contributed by atoms with Crippen LogP contribution in [0.15, 0.2) is 59.7 Å². The molecule has 4 aromatic rings. The van der Waals surface area contributed by atoms with Crippen LogP contribution in [-0.4, -0.2) is 43.2 Å². The Morgan fingerprint density at radius 3 is 2.68 bits per heavy atom. The summed E-state index contributed by atoms with van der Waals surface area (Å²) < 4.78 is 18.2. The topological polar surface area (TPSA) is 59.8 Å². The van der Waals surface area contributed by atoms with Crippen molar-refractivity contribution in [1.82, 2.24) is 15.2 Å². The molecule has 6 heteroatoms. The van der Waals surface area contributed by atoms with Crippen molar-refractivity contribution in [2.45, 2.75) is 26.2 Å². The first-order valence-electron chi connectivity index (χ1n) is 11.9. The molecule has 0 radical (unpaired) electrons. The number of fused-ring (bicyclic) bond motifs is 2. The van der Waals surface area contributed by atoms with Crippen LogP contribution in [-0.2, 0) is 0 Å². The molecule has 34 heavy (non-hydrogen) atoms. The van der Waals surface area contributed by atoms with Gasteiger partial charge in [-0.3, -0.25) is 9.88 Å². The first kappa shape index (κ1) is 22.3. The fraction of sp³-hybridized carbons (Fsp3) is 0.321. The van der Waals surface area contributed by atoms with Crippen LogP contribution in [0.3, 0.4) is 0 Å². The second kappa shape index (κ2) is 9.77. The summed E-state index contributed by atoms with van der Waals surface area (Å²) in [6, 6.07) is 13.7. The van der Waals surface area contributed by atoms with Gasteiger partial charge in [0.05, 0.1) is 5.52 Å². The number of ether oxygens (including phenoxy) is 2. The summed E-state index contributed by atoms with van der Waals surface area (Å²) >= 11 is 0. The molecule has 0 amide bonds. The maximum absolute atomic E-state index is 6.25. The number of nitrogens with zero attached hydrogens (tertiary/aromatic N) is 2. The van der Waals surface area contributed by atoms with Crippen LogP contribution < -0.4 is 14.8 Å². The number of aromatic nitrogens is 1. The van der Waals surface area contributed by atoms with Crippen molar-refractivity contribution < 1.29 is 13.9 Å².